The molecule has 0 aromatic heterocycles. The standard InChI is InChI=1S/C22H24N2O/c1-23-10-12-24(13-11-23)22(25)20-14-19-15-6-2-4-8-17(15)21(20)18-9-5-3-7-16(18)19/h2-9,19-21H,10-14H2,1H3. The molecule has 25 heavy (non-hydrogen) atoms. The maximum absolute atomic E-state index is 13.4. The first-order valence-electron chi connectivity index (χ1n) is 9.39. The highest BCUT2D eigenvalue weighted by Gasteiger charge is 2.47. The van der Waals surface area contributed by atoms with Gasteiger partial charge in [-0.3, -0.25) is 4.79 Å². The van der Waals surface area contributed by atoms with Gasteiger partial charge in [0.05, 0.1) is 0 Å². The van der Waals surface area contributed by atoms with E-state index in [0.717, 1.165) is 32.6 Å². The summed E-state index contributed by atoms with van der Waals surface area (Å²) < 4.78 is 0. The molecule has 2 bridgehead atoms. The van der Waals surface area contributed by atoms with Gasteiger partial charge in [-0.25, -0.2) is 0 Å². The van der Waals surface area contributed by atoms with Crippen molar-refractivity contribution in [1.82, 2.24) is 9.80 Å². The molecule has 1 heterocycles. The average Bonchev–Trinajstić information content (AvgIpc) is 2.68. The van der Waals surface area contributed by atoms with Crippen molar-refractivity contribution in [2.75, 3.05) is 33.2 Å². The van der Waals surface area contributed by atoms with E-state index in [4.69, 9.17) is 0 Å². The number of hydrogen-bond acceptors (Lipinski definition) is 2. The zero-order valence-corrected chi connectivity index (χ0v) is 14.7. The number of rotatable bonds is 1. The molecule has 1 fully saturated rings. The van der Waals surface area contributed by atoms with E-state index < -0.39 is 0 Å². The van der Waals surface area contributed by atoms with E-state index in [9.17, 15) is 4.79 Å². The fourth-order valence-corrected chi connectivity index (χ4v) is 5.14. The molecule has 4 aliphatic rings. The van der Waals surface area contributed by atoms with Crippen molar-refractivity contribution in [3.63, 3.8) is 0 Å². The number of carbonyl (C=O) groups is 1. The van der Waals surface area contributed by atoms with Crippen molar-refractivity contribution in [3.05, 3.63) is 70.8 Å². The van der Waals surface area contributed by atoms with Gasteiger partial charge in [0.1, 0.15) is 0 Å². The molecule has 6 rings (SSSR count). The predicted molar refractivity (Wildman–Crippen MR) is 98.8 cm³/mol. The minimum absolute atomic E-state index is 0.0956. The molecule has 0 spiro atoms. The van der Waals surface area contributed by atoms with Crippen LogP contribution in [0.25, 0.3) is 0 Å². The van der Waals surface area contributed by atoms with Crippen molar-refractivity contribution in [2.45, 2.75) is 18.3 Å². The van der Waals surface area contributed by atoms with E-state index in [-0.39, 0.29) is 11.8 Å². The first-order chi connectivity index (χ1) is 12.2. The van der Waals surface area contributed by atoms with Gasteiger partial charge in [-0.15, -0.1) is 0 Å². The minimum atomic E-state index is 0.0956. The Morgan fingerprint density at radius 1 is 0.840 bits per heavy atom. The lowest BCUT2D eigenvalue weighted by atomic mass is 9.59. The molecular formula is C22H24N2O. The highest BCUT2D eigenvalue weighted by atomic mass is 16.2. The molecule has 2 aromatic rings. The van der Waals surface area contributed by atoms with E-state index in [1.54, 1.807) is 0 Å². The first kappa shape index (κ1) is 15.2. The van der Waals surface area contributed by atoms with Gasteiger partial charge in [-0.2, -0.15) is 0 Å². The van der Waals surface area contributed by atoms with Crippen LogP contribution in [0.4, 0.5) is 0 Å². The summed E-state index contributed by atoms with van der Waals surface area (Å²) in [6, 6.07) is 17.5. The van der Waals surface area contributed by atoms with Gasteiger partial charge in [0.2, 0.25) is 5.91 Å². The van der Waals surface area contributed by atoms with Crippen LogP contribution < -0.4 is 0 Å². The van der Waals surface area contributed by atoms with Gasteiger partial charge in [0.15, 0.2) is 0 Å². The van der Waals surface area contributed by atoms with E-state index in [1.165, 1.54) is 22.3 Å². The Hall–Kier alpha value is -2.13. The third-order valence-corrected chi connectivity index (χ3v) is 6.44. The predicted octanol–water partition coefficient (Wildman–Crippen LogP) is 3.06. The maximum atomic E-state index is 13.4. The summed E-state index contributed by atoms with van der Waals surface area (Å²) in [6.07, 6.45) is 0.962. The highest BCUT2D eigenvalue weighted by molar-refractivity contribution is 5.83. The molecule has 1 saturated heterocycles. The molecule has 1 unspecified atom stereocenters. The summed E-state index contributed by atoms with van der Waals surface area (Å²) in [4.78, 5) is 17.8. The van der Waals surface area contributed by atoms with E-state index in [2.05, 4.69) is 65.4 Å². The van der Waals surface area contributed by atoms with Crippen molar-refractivity contribution in [1.29, 1.82) is 0 Å². The second-order valence-electron chi connectivity index (χ2n) is 7.76. The van der Waals surface area contributed by atoms with Gasteiger partial charge < -0.3 is 9.80 Å². The molecule has 0 N–H and O–H groups in total. The van der Waals surface area contributed by atoms with E-state index in [0.29, 0.717) is 11.8 Å². The largest absolute Gasteiger partial charge is 0.340 e. The molecule has 1 atom stereocenters. The Morgan fingerprint density at radius 2 is 1.36 bits per heavy atom. The summed E-state index contributed by atoms with van der Waals surface area (Å²) in [6.45, 7) is 3.71. The molecule has 2 aromatic carbocycles. The van der Waals surface area contributed by atoms with Crippen molar-refractivity contribution in [3.8, 4) is 0 Å². The molecule has 3 aliphatic carbocycles. The Morgan fingerprint density at radius 3 is 1.92 bits per heavy atom. The van der Waals surface area contributed by atoms with Crippen LogP contribution in [0.5, 0.6) is 0 Å². The number of amides is 1. The number of carbonyl (C=O) groups excluding carboxylic acids is 1. The zero-order chi connectivity index (χ0) is 17.0. The summed E-state index contributed by atoms with van der Waals surface area (Å²) in [7, 11) is 2.14. The molecule has 1 aliphatic heterocycles. The van der Waals surface area contributed by atoms with Gasteiger partial charge in [0.25, 0.3) is 0 Å². The van der Waals surface area contributed by atoms with Crippen LogP contribution in [0, 0.1) is 5.92 Å². The number of piperazine rings is 1. The number of hydrogen-bond donors (Lipinski definition) is 0. The lowest BCUT2D eigenvalue weighted by Crippen LogP contribution is -2.51. The molecule has 128 valence electrons. The molecule has 1 amide bonds. The van der Waals surface area contributed by atoms with Crippen LogP contribution >= 0.6 is 0 Å². The number of fused-ring (bicyclic) bond motifs is 1. The summed E-state index contributed by atoms with van der Waals surface area (Å²) in [5, 5.41) is 0. The number of nitrogens with zero attached hydrogens (tertiary/aromatic N) is 2. The lowest BCUT2D eigenvalue weighted by molar-refractivity contribution is -0.138. The average molecular weight is 332 g/mol. The maximum Gasteiger partial charge on any atom is 0.226 e. The SMILES string of the molecule is CN1CCN(C(=O)C2CC3c4ccccc4C2c2ccccc23)CC1. The van der Waals surface area contributed by atoms with Crippen LogP contribution in [0.2, 0.25) is 0 Å². The molecule has 0 saturated carbocycles. The molecular weight excluding hydrogens is 308 g/mol. The Bertz CT molecular complexity index is 775. The topological polar surface area (TPSA) is 23.6 Å². The van der Waals surface area contributed by atoms with Gasteiger partial charge in [-0.1, -0.05) is 48.5 Å². The molecule has 3 heteroatoms. The molecule has 3 nitrogen and oxygen atoms in total. The fraction of sp³-hybridized carbons (Fsp3) is 0.409. The van der Waals surface area contributed by atoms with Crippen LogP contribution in [0.1, 0.15) is 40.5 Å². The zero-order valence-electron chi connectivity index (χ0n) is 14.7. The Kier molecular flexibility index (Phi) is 3.46. The second-order valence-corrected chi connectivity index (χ2v) is 7.76. The Balaban J connectivity index is 1.55. The molecule has 0 radical (unpaired) electrons. The smallest absolute Gasteiger partial charge is 0.226 e. The number of likely N-dealkylation sites (N-methyl/N-ethyl adjacent to an activating group) is 1. The monoisotopic (exact) mass is 332 g/mol. The van der Waals surface area contributed by atoms with E-state index >= 15 is 0 Å². The second kappa shape index (κ2) is 5.70. The van der Waals surface area contributed by atoms with Gasteiger partial charge in [-0.05, 0) is 35.7 Å². The lowest BCUT2D eigenvalue weighted by Gasteiger charge is -2.46. The van der Waals surface area contributed by atoms with Crippen molar-refractivity contribution < 1.29 is 4.79 Å². The van der Waals surface area contributed by atoms with E-state index in [1.807, 2.05) is 0 Å². The van der Waals surface area contributed by atoms with Crippen molar-refractivity contribution in [2.24, 2.45) is 5.92 Å². The van der Waals surface area contributed by atoms with Crippen LogP contribution in [-0.4, -0.2) is 48.9 Å². The third-order valence-electron chi connectivity index (χ3n) is 6.44. The third kappa shape index (κ3) is 2.26. The van der Waals surface area contributed by atoms with Crippen LogP contribution in [0.3, 0.4) is 0 Å². The first-order valence-corrected chi connectivity index (χ1v) is 9.39. The number of benzene rings is 2. The fourth-order valence-electron chi connectivity index (χ4n) is 5.14. The summed E-state index contributed by atoms with van der Waals surface area (Å²) in [5.41, 5.74) is 5.64. The Labute approximate surface area is 149 Å². The normalized spacial score (nSPS) is 27.7. The quantitative estimate of drug-likeness (QED) is 0.801. The van der Waals surface area contributed by atoms with Gasteiger partial charge in [0, 0.05) is 43.9 Å². The minimum Gasteiger partial charge on any atom is -0.340 e. The highest BCUT2D eigenvalue weighted by Crippen LogP contribution is 2.55. The van der Waals surface area contributed by atoms with Crippen LogP contribution in [0.15, 0.2) is 48.5 Å². The van der Waals surface area contributed by atoms with Crippen molar-refractivity contribution >= 4 is 5.91 Å². The summed E-state index contributed by atoms with van der Waals surface area (Å²) >= 11 is 0. The van der Waals surface area contributed by atoms with Crippen LogP contribution in [-0.2, 0) is 4.79 Å². The van der Waals surface area contributed by atoms with Gasteiger partial charge >= 0.3 is 0 Å². The summed E-state index contributed by atoms with van der Waals surface area (Å²) in [5.74, 6) is 1.06.